The number of nitrogens with zero attached hydrogens (tertiary/aromatic N) is 2. The van der Waals surface area contributed by atoms with E-state index in [0.29, 0.717) is 12.8 Å². The Balaban J connectivity index is 1.70. The highest BCUT2D eigenvalue weighted by Crippen LogP contribution is 2.31. The third-order valence-electron chi connectivity index (χ3n) is 4.25. The van der Waals surface area contributed by atoms with Gasteiger partial charge in [0.1, 0.15) is 0 Å². The molecule has 0 aliphatic carbocycles. The second-order valence-corrected chi connectivity index (χ2v) is 6.79. The zero-order valence-electron chi connectivity index (χ0n) is 14.2. The van der Waals surface area contributed by atoms with Crippen molar-refractivity contribution in [3.05, 3.63) is 58.7 Å². The van der Waals surface area contributed by atoms with Gasteiger partial charge in [-0.25, -0.2) is 0 Å². The van der Waals surface area contributed by atoms with Gasteiger partial charge in [0.15, 0.2) is 0 Å². The van der Waals surface area contributed by atoms with Crippen molar-refractivity contribution in [2.75, 3.05) is 5.32 Å². The van der Waals surface area contributed by atoms with Crippen LogP contribution in [0.15, 0.2) is 41.8 Å². The molecule has 1 N–H and O–H groups in total. The van der Waals surface area contributed by atoms with Crippen LogP contribution in [-0.2, 0) is 18.3 Å². The van der Waals surface area contributed by atoms with Crippen LogP contribution in [0, 0.1) is 13.8 Å². The highest BCUT2D eigenvalue weighted by Gasteiger charge is 2.13. The van der Waals surface area contributed by atoms with Crippen molar-refractivity contribution in [2.45, 2.75) is 26.7 Å². The van der Waals surface area contributed by atoms with Crippen LogP contribution in [0.5, 0.6) is 0 Å². The van der Waals surface area contributed by atoms with Crippen LogP contribution in [0.4, 0.5) is 5.69 Å². The van der Waals surface area contributed by atoms with Crippen LogP contribution in [0.3, 0.4) is 0 Å². The lowest BCUT2D eigenvalue weighted by Gasteiger charge is -2.10. The Hall–Kier alpha value is -2.40. The van der Waals surface area contributed by atoms with Crippen LogP contribution in [0.1, 0.15) is 23.4 Å². The van der Waals surface area contributed by atoms with Gasteiger partial charge in [-0.2, -0.15) is 5.10 Å². The molecule has 0 fully saturated rings. The van der Waals surface area contributed by atoms with Crippen molar-refractivity contribution in [1.82, 2.24) is 9.78 Å². The number of para-hydroxylation sites is 1. The lowest BCUT2D eigenvalue weighted by Crippen LogP contribution is -2.13. The summed E-state index contributed by atoms with van der Waals surface area (Å²) in [6.45, 7) is 4.03. The SMILES string of the molecule is Cc1nn(C)c(C)c1CCC(=O)Nc1ccccc1-c1cccs1. The van der Waals surface area contributed by atoms with Gasteiger partial charge in [0.2, 0.25) is 5.91 Å². The molecule has 0 unspecified atom stereocenters. The minimum absolute atomic E-state index is 0.0293. The number of aromatic nitrogens is 2. The Bertz CT molecular complexity index is 850. The second kappa shape index (κ2) is 7.01. The summed E-state index contributed by atoms with van der Waals surface area (Å²) in [5, 5.41) is 9.51. The zero-order chi connectivity index (χ0) is 17.1. The number of nitrogens with one attached hydrogen (secondary N) is 1. The number of rotatable bonds is 5. The third kappa shape index (κ3) is 3.41. The van der Waals surface area contributed by atoms with Gasteiger partial charge in [-0.05, 0) is 43.3 Å². The smallest absolute Gasteiger partial charge is 0.224 e. The first kappa shape index (κ1) is 16.5. The third-order valence-corrected chi connectivity index (χ3v) is 5.15. The molecule has 0 spiro atoms. The normalized spacial score (nSPS) is 10.8. The van der Waals surface area contributed by atoms with Crippen LogP contribution < -0.4 is 5.32 Å². The molecule has 2 heterocycles. The average Bonchev–Trinajstić information content (AvgIpc) is 3.16. The second-order valence-electron chi connectivity index (χ2n) is 5.84. The summed E-state index contributed by atoms with van der Waals surface area (Å²) in [4.78, 5) is 13.6. The highest BCUT2D eigenvalue weighted by molar-refractivity contribution is 7.13. The Morgan fingerprint density at radius 1 is 1.21 bits per heavy atom. The maximum absolute atomic E-state index is 12.4. The molecule has 0 aliphatic rings. The van der Waals surface area contributed by atoms with E-state index in [2.05, 4.69) is 16.5 Å². The Morgan fingerprint density at radius 3 is 2.67 bits per heavy atom. The molecule has 1 amide bonds. The van der Waals surface area contributed by atoms with Crippen molar-refractivity contribution in [3.8, 4) is 10.4 Å². The van der Waals surface area contributed by atoms with E-state index in [0.717, 1.165) is 27.5 Å². The summed E-state index contributed by atoms with van der Waals surface area (Å²) in [6, 6.07) is 12.0. The number of hydrogen-bond acceptors (Lipinski definition) is 3. The molecule has 0 aliphatic heterocycles. The average molecular weight is 339 g/mol. The van der Waals surface area contributed by atoms with E-state index in [1.165, 1.54) is 5.56 Å². The summed E-state index contributed by atoms with van der Waals surface area (Å²) in [6.07, 6.45) is 1.16. The molecule has 3 rings (SSSR count). The fourth-order valence-electron chi connectivity index (χ4n) is 2.87. The summed E-state index contributed by atoms with van der Waals surface area (Å²) in [5.74, 6) is 0.0293. The van der Waals surface area contributed by atoms with Crippen LogP contribution in [-0.4, -0.2) is 15.7 Å². The Labute approximate surface area is 146 Å². The van der Waals surface area contributed by atoms with Crippen LogP contribution in [0.2, 0.25) is 0 Å². The summed E-state index contributed by atoms with van der Waals surface area (Å²) in [7, 11) is 1.93. The maximum atomic E-state index is 12.4. The fourth-order valence-corrected chi connectivity index (χ4v) is 3.64. The predicted molar refractivity (Wildman–Crippen MR) is 99.4 cm³/mol. The first-order valence-electron chi connectivity index (χ1n) is 7.98. The topological polar surface area (TPSA) is 46.9 Å². The van der Waals surface area contributed by atoms with E-state index in [1.54, 1.807) is 11.3 Å². The van der Waals surface area contributed by atoms with Gasteiger partial charge in [-0.1, -0.05) is 24.3 Å². The number of benzene rings is 1. The molecule has 2 aromatic heterocycles. The number of carbonyl (C=O) groups excluding carboxylic acids is 1. The van der Waals surface area contributed by atoms with Gasteiger partial charge >= 0.3 is 0 Å². The van der Waals surface area contributed by atoms with Gasteiger partial charge in [-0.15, -0.1) is 11.3 Å². The van der Waals surface area contributed by atoms with Crippen molar-refractivity contribution >= 4 is 22.9 Å². The minimum Gasteiger partial charge on any atom is -0.325 e. The number of amides is 1. The molecular formula is C19H21N3OS. The van der Waals surface area contributed by atoms with E-state index in [1.807, 2.05) is 61.3 Å². The number of hydrogen-bond donors (Lipinski definition) is 1. The van der Waals surface area contributed by atoms with Crippen molar-refractivity contribution in [3.63, 3.8) is 0 Å². The van der Waals surface area contributed by atoms with E-state index in [9.17, 15) is 4.79 Å². The quantitative estimate of drug-likeness (QED) is 0.752. The Kier molecular flexibility index (Phi) is 4.81. The molecule has 0 radical (unpaired) electrons. The molecule has 4 nitrogen and oxygen atoms in total. The lowest BCUT2D eigenvalue weighted by atomic mass is 10.1. The highest BCUT2D eigenvalue weighted by atomic mass is 32.1. The van der Waals surface area contributed by atoms with Gasteiger partial charge in [0, 0.05) is 35.3 Å². The standard InChI is InChI=1S/C19H21N3OS/c1-13-15(14(2)22(3)21-13)10-11-19(23)20-17-8-5-4-7-16(17)18-9-6-12-24-18/h4-9,12H,10-11H2,1-3H3,(H,20,23). The van der Waals surface area contributed by atoms with E-state index < -0.39 is 0 Å². The first-order chi connectivity index (χ1) is 11.6. The summed E-state index contributed by atoms with van der Waals surface area (Å²) in [5.41, 5.74) is 5.22. The molecule has 24 heavy (non-hydrogen) atoms. The van der Waals surface area contributed by atoms with Gasteiger partial charge in [-0.3, -0.25) is 9.48 Å². The van der Waals surface area contributed by atoms with E-state index >= 15 is 0 Å². The predicted octanol–water partition coefficient (Wildman–Crippen LogP) is 4.34. The monoisotopic (exact) mass is 339 g/mol. The minimum atomic E-state index is 0.0293. The van der Waals surface area contributed by atoms with E-state index in [4.69, 9.17) is 0 Å². The first-order valence-corrected chi connectivity index (χ1v) is 8.86. The summed E-state index contributed by atoms with van der Waals surface area (Å²) >= 11 is 1.67. The number of anilines is 1. The molecule has 1 aromatic carbocycles. The molecule has 0 bridgehead atoms. The number of carbonyl (C=O) groups is 1. The largest absolute Gasteiger partial charge is 0.325 e. The number of thiophene rings is 1. The summed E-state index contributed by atoms with van der Waals surface area (Å²) < 4.78 is 1.87. The molecule has 0 saturated carbocycles. The number of aryl methyl sites for hydroxylation is 2. The van der Waals surface area contributed by atoms with E-state index in [-0.39, 0.29) is 5.91 Å². The van der Waals surface area contributed by atoms with Crippen molar-refractivity contribution in [1.29, 1.82) is 0 Å². The molecule has 0 atom stereocenters. The molecular weight excluding hydrogens is 318 g/mol. The van der Waals surface area contributed by atoms with Gasteiger partial charge in [0.05, 0.1) is 5.69 Å². The Morgan fingerprint density at radius 2 is 2.00 bits per heavy atom. The van der Waals surface area contributed by atoms with Crippen molar-refractivity contribution < 1.29 is 4.79 Å². The fraction of sp³-hybridized carbons (Fsp3) is 0.263. The molecule has 3 aromatic rings. The van der Waals surface area contributed by atoms with Gasteiger partial charge < -0.3 is 5.32 Å². The molecule has 124 valence electrons. The molecule has 0 saturated heterocycles. The van der Waals surface area contributed by atoms with Crippen molar-refractivity contribution in [2.24, 2.45) is 7.05 Å². The lowest BCUT2D eigenvalue weighted by molar-refractivity contribution is -0.116. The van der Waals surface area contributed by atoms with Crippen LogP contribution >= 0.6 is 11.3 Å². The molecule has 5 heteroatoms. The maximum Gasteiger partial charge on any atom is 0.224 e. The van der Waals surface area contributed by atoms with Gasteiger partial charge in [0.25, 0.3) is 0 Å². The zero-order valence-corrected chi connectivity index (χ0v) is 15.0. The van der Waals surface area contributed by atoms with Crippen LogP contribution in [0.25, 0.3) is 10.4 Å².